The van der Waals surface area contributed by atoms with Crippen LogP contribution in [0.5, 0.6) is 34.5 Å². The number of aromatic carboxylic acids is 1. The number of phenolic OH excluding ortho intramolecular Hbond substituents is 5. The van der Waals surface area contributed by atoms with Crippen LogP contribution in [0, 0.1) is 0 Å². The van der Waals surface area contributed by atoms with Crippen LogP contribution in [-0.2, 0) is 0 Å². The van der Waals surface area contributed by atoms with Crippen LogP contribution in [0.25, 0.3) is 22.3 Å². The minimum absolute atomic E-state index is 0.0809. The van der Waals surface area contributed by atoms with Gasteiger partial charge in [0, 0.05) is 24.3 Å². The molecule has 0 aliphatic carbocycles. The van der Waals surface area contributed by atoms with Crippen LogP contribution in [0.3, 0.4) is 0 Å². The fourth-order valence-corrected chi connectivity index (χ4v) is 2.71. The number of carbonyl (C=O) groups is 1. The average molecular weight is 425 g/mol. The van der Waals surface area contributed by atoms with Crippen LogP contribution in [0.1, 0.15) is 10.4 Å². The van der Waals surface area contributed by atoms with Crippen molar-refractivity contribution in [3.8, 4) is 45.8 Å². The van der Waals surface area contributed by atoms with E-state index < -0.39 is 23.2 Å². The van der Waals surface area contributed by atoms with Gasteiger partial charge in [-0.1, -0.05) is 18.2 Å². The van der Waals surface area contributed by atoms with Crippen molar-refractivity contribution in [2.45, 2.75) is 0 Å². The normalized spacial score (nSPS) is 10.3. The third-order valence-electron chi connectivity index (χ3n) is 4.18. The molecule has 0 saturated carbocycles. The van der Waals surface area contributed by atoms with Crippen LogP contribution >= 0.6 is 0 Å². The monoisotopic (exact) mass is 425 g/mol. The van der Waals surface area contributed by atoms with E-state index in [-0.39, 0.29) is 39.5 Å². The molecule has 0 saturated heterocycles. The molecule has 4 rings (SSSR count). The summed E-state index contributed by atoms with van der Waals surface area (Å²) in [7, 11) is 0. The van der Waals surface area contributed by atoms with Gasteiger partial charge in [-0.15, -0.1) is 0 Å². The average Bonchev–Trinajstić information content (AvgIpc) is 2.73. The molecule has 0 unspecified atom stereocenters. The Bertz CT molecular complexity index is 1240. The summed E-state index contributed by atoms with van der Waals surface area (Å²) >= 11 is 0. The summed E-state index contributed by atoms with van der Waals surface area (Å²) < 4.78 is 5.42. The Morgan fingerprint density at radius 3 is 1.87 bits per heavy atom. The van der Waals surface area contributed by atoms with Crippen molar-refractivity contribution in [3.05, 3.63) is 66.2 Å². The standard InChI is InChI=1S/C15H10O7.C7H6O2/c16-7-3-9(17)8-5-12(20)15(22-13(8)4-7)6-1-10(18)14(21)11(19)2-6;8-7(9)6-4-2-1-3-5-6/h1-5H,(H5-,16,17,18,19,20,21);1-5H,(H,8,9)/p+1. The Balaban J connectivity index is 0.000000254. The fraction of sp³-hybridized carbons (Fsp3) is 0. The quantitative estimate of drug-likeness (QED) is 0.185. The molecule has 0 fully saturated rings. The number of benzene rings is 3. The second-order valence-electron chi connectivity index (χ2n) is 6.37. The first kappa shape index (κ1) is 21.1. The molecule has 0 aliphatic heterocycles. The number of phenols is 5. The molecule has 0 atom stereocenters. The SMILES string of the molecule is O=C(O)c1ccccc1.Oc1cc(O)c2cc(O)c(-c3cc(O)c(O)c(O)c3)[o+]c2c1. The number of hydrogen-bond acceptors (Lipinski definition) is 7. The Morgan fingerprint density at radius 1 is 0.710 bits per heavy atom. The van der Waals surface area contributed by atoms with Crippen molar-refractivity contribution in [1.29, 1.82) is 0 Å². The van der Waals surface area contributed by atoms with Crippen molar-refractivity contribution in [2.75, 3.05) is 0 Å². The Labute approximate surface area is 174 Å². The highest BCUT2D eigenvalue weighted by Crippen LogP contribution is 2.43. The lowest BCUT2D eigenvalue weighted by atomic mass is 10.1. The summed E-state index contributed by atoms with van der Waals surface area (Å²) in [6.07, 6.45) is 0. The van der Waals surface area contributed by atoms with E-state index in [4.69, 9.17) is 9.52 Å². The second kappa shape index (κ2) is 8.37. The Hall–Kier alpha value is -4.66. The third kappa shape index (κ3) is 4.51. The number of aromatic hydroxyl groups is 6. The van der Waals surface area contributed by atoms with Gasteiger partial charge in [-0.2, -0.15) is 0 Å². The summed E-state index contributed by atoms with van der Waals surface area (Å²) in [6.45, 7) is 0. The molecule has 1 aromatic heterocycles. The summed E-state index contributed by atoms with van der Waals surface area (Å²) in [5.74, 6) is -3.76. The maximum Gasteiger partial charge on any atom is 0.402 e. The molecule has 4 aromatic rings. The van der Waals surface area contributed by atoms with Crippen LogP contribution in [-0.4, -0.2) is 41.7 Å². The molecular weight excluding hydrogens is 408 g/mol. The topological polar surface area (TPSA) is 170 Å². The highest BCUT2D eigenvalue weighted by molar-refractivity contribution is 5.88. The Kier molecular flexibility index (Phi) is 5.69. The highest BCUT2D eigenvalue weighted by Gasteiger charge is 2.25. The minimum atomic E-state index is -0.879. The predicted octanol–water partition coefficient (Wildman–Crippen LogP) is 4.00. The summed E-state index contributed by atoms with van der Waals surface area (Å²) in [4.78, 5) is 10.2. The van der Waals surface area contributed by atoms with Gasteiger partial charge in [-0.05, 0) is 12.1 Å². The highest BCUT2D eigenvalue weighted by atomic mass is 16.4. The zero-order chi connectivity index (χ0) is 22.7. The van der Waals surface area contributed by atoms with E-state index in [0.29, 0.717) is 5.56 Å². The summed E-state index contributed by atoms with van der Waals surface area (Å²) in [5, 5.41) is 66.1. The van der Waals surface area contributed by atoms with E-state index in [9.17, 15) is 35.4 Å². The number of fused-ring (bicyclic) bond motifs is 1. The molecule has 0 spiro atoms. The van der Waals surface area contributed by atoms with Crippen LogP contribution in [0.2, 0.25) is 0 Å². The fourth-order valence-electron chi connectivity index (χ4n) is 2.71. The molecule has 158 valence electrons. The van der Waals surface area contributed by atoms with Crippen LogP contribution in [0.4, 0.5) is 0 Å². The number of hydrogen-bond donors (Lipinski definition) is 7. The van der Waals surface area contributed by atoms with Crippen molar-refractivity contribution in [1.82, 2.24) is 0 Å². The zero-order valence-electron chi connectivity index (χ0n) is 15.7. The van der Waals surface area contributed by atoms with Gasteiger partial charge < -0.3 is 35.7 Å². The summed E-state index contributed by atoms with van der Waals surface area (Å²) in [5.41, 5.74) is 0.505. The van der Waals surface area contributed by atoms with Crippen LogP contribution in [0.15, 0.2) is 65.1 Å². The number of carboxylic acid groups (broad SMARTS) is 1. The van der Waals surface area contributed by atoms with E-state index >= 15 is 0 Å². The van der Waals surface area contributed by atoms with Crippen LogP contribution < -0.4 is 0 Å². The molecular formula is C22H17O9+. The van der Waals surface area contributed by atoms with E-state index in [1.165, 1.54) is 12.1 Å². The largest absolute Gasteiger partial charge is 0.507 e. The number of carboxylic acids is 1. The molecule has 0 bridgehead atoms. The van der Waals surface area contributed by atoms with Gasteiger partial charge in [0.05, 0.1) is 17.2 Å². The molecule has 3 aromatic carbocycles. The first-order chi connectivity index (χ1) is 14.7. The lowest BCUT2D eigenvalue weighted by molar-refractivity contribution is 0.0697. The first-order valence-corrected chi connectivity index (χ1v) is 8.73. The van der Waals surface area contributed by atoms with Crippen molar-refractivity contribution >= 4 is 16.9 Å². The molecule has 1 heterocycles. The van der Waals surface area contributed by atoms with Gasteiger partial charge in [0.1, 0.15) is 16.9 Å². The van der Waals surface area contributed by atoms with Gasteiger partial charge in [0.2, 0.25) is 5.75 Å². The zero-order valence-corrected chi connectivity index (χ0v) is 15.7. The van der Waals surface area contributed by atoms with E-state index in [1.807, 2.05) is 0 Å². The molecule has 0 aliphatic rings. The predicted molar refractivity (Wildman–Crippen MR) is 109 cm³/mol. The van der Waals surface area contributed by atoms with Gasteiger partial charge in [-0.25, -0.2) is 9.21 Å². The first-order valence-electron chi connectivity index (χ1n) is 8.73. The maximum absolute atomic E-state index is 10.2. The summed E-state index contributed by atoms with van der Waals surface area (Å²) in [6, 6.07) is 14.0. The number of rotatable bonds is 2. The van der Waals surface area contributed by atoms with Crippen molar-refractivity contribution < 1.29 is 45.0 Å². The molecule has 31 heavy (non-hydrogen) atoms. The lowest BCUT2D eigenvalue weighted by Gasteiger charge is -2.03. The van der Waals surface area contributed by atoms with Gasteiger partial charge in [0.25, 0.3) is 0 Å². The maximum atomic E-state index is 10.2. The second-order valence-corrected chi connectivity index (χ2v) is 6.37. The van der Waals surface area contributed by atoms with E-state index in [0.717, 1.165) is 18.2 Å². The molecule has 9 nitrogen and oxygen atoms in total. The van der Waals surface area contributed by atoms with E-state index in [2.05, 4.69) is 0 Å². The van der Waals surface area contributed by atoms with Crippen molar-refractivity contribution in [2.24, 2.45) is 0 Å². The molecule has 7 N–H and O–H groups in total. The Morgan fingerprint density at radius 2 is 1.32 bits per heavy atom. The molecule has 0 radical (unpaired) electrons. The molecule has 0 amide bonds. The molecule has 9 heteroatoms. The minimum Gasteiger partial charge on any atom is -0.507 e. The van der Waals surface area contributed by atoms with Gasteiger partial charge >= 0.3 is 17.3 Å². The lowest BCUT2D eigenvalue weighted by Crippen LogP contribution is -1.93. The van der Waals surface area contributed by atoms with Gasteiger partial charge in [0.15, 0.2) is 17.2 Å². The smallest absolute Gasteiger partial charge is 0.402 e. The van der Waals surface area contributed by atoms with Crippen molar-refractivity contribution in [3.63, 3.8) is 0 Å². The van der Waals surface area contributed by atoms with E-state index in [1.54, 1.807) is 30.3 Å². The van der Waals surface area contributed by atoms with Gasteiger partial charge in [-0.3, -0.25) is 0 Å². The third-order valence-corrected chi connectivity index (χ3v) is 4.18.